The second-order valence-corrected chi connectivity index (χ2v) is 12.7. The van der Waals surface area contributed by atoms with E-state index >= 15 is 0 Å². The highest BCUT2D eigenvalue weighted by atomic mass is 32.2. The monoisotopic (exact) mass is 581 g/mol. The molecule has 1 aliphatic rings. The summed E-state index contributed by atoms with van der Waals surface area (Å²) in [5, 5.41) is 9.78. The van der Waals surface area contributed by atoms with Crippen molar-refractivity contribution in [2.75, 3.05) is 30.8 Å². The van der Waals surface area contributed by atoms with E-state index in [0.29, 0.717) is 29.2 Å². The van der Waals surface area contributed by atoms with E-state index in [0.717, 1.165) is 71.2 Å². The SMILES string of the molecule is COc1cccc(Nc2nc(NCC3CCC(CNS(=O)(=O)c4ccc5ccccc5c4)CC3)nc3ccccc23)c1. The summed E-state index contributed by atoms with van der Waals surface area (Å²) >= 11 is 0. The number of anilines is 3. The van der Waals surface area contributed by atoms with Gasteiger partial charge in [0.05, 0.1) is 17.5 Å². The molecule has 1 aliphatic carbocycles. The molecule has 0 amide bonds. The standard InChI is InChI=1S/C33H35N5O3S/c1-41-28-10-6-9-27(20-28)36-32-30-11-4-5-12-31(30)37-33(38-32)34-21-23-13-15-24(16-14-23)22-35-42(39,40)29-18-17-25-7-2-3-8-26(25)19-29/h2-12,17-20,23-24,35H,13-16,21-22H2,1H3,(H2,34,36,37,38). The van der Waals surface area contributed by atoms with Gasteiger partial charge in [-0.25, -0.2) is 18.1 Å². The number of hydrogen-bond donors (Lipinski definition) is 3. The number of methoxy groups -OCH3 is 1. The number of nitrogens with zero attached hydrogens (tertiary/aromatic N) is 2. The van der Waals surface area contributed by atoms with Crippen LogP contribution in [-0.4, -0.2) is 38.6 Å². The maximum absolute atomic E-state index is 13.0. The Bertz CT molecular complexity index is 1800. The van der Waals surface area contributed by atoms with Gasteiger partial charge in [0, 0.05) is 30.2 Å². The van der Waals surface area contributed by atoms with Gasteiger partial charge in [-0.1, -0.05) is 48.5 Å². The Hall–Kier alpha value is -4.21. The molecule has 8 nitrogen and oxygen atoms in total. The first-order valence-electron chi connectivity index (χ1n) is 14.4. The number of fused-ring (bicyclic) bond motifs is 2. The van der Waals surface area contributed by atoms with Gasteiger partial charge < -0.3 is 15.4 Å². The first-order valence-corrected chi connectivity index (χ1v) is 15.9. The minimum absolute atomic E-state index is 0.315. The molecule has 0 unspecified atom stereocenters. The van der Waals surface area contributed by atoms with Gasteiger partial charge in [-0.3, -0.25) is 0 Å². The lowest BCUT2D eigenvalue weighted by Crippen LogP contribution is -2.32. The summed E-state index contributed by atoms with van der Waals surface area (Å²) in [6, 6.07) is 28.8. The third-order valence-electron chi connectivity index (χ3n) is 8.04. The minimum Gasteiger partial charge on any atom is -0.497 e. The molecular formula is C33H35N5O3S. The Morgan fingerprint density at radius 3 is 2.33 bits per heavy atom. The molecule has 1 aromatic heterocycles. The van der Waals surface area contributed by atoms with Crippen LogP contribution in [0, 0.1) is 11.8 Å². The molecule has 9 heteroatoms. The highest BCUT2D eigenvalue weighted by Crippen LogP contribution is 2.30. The third-order valence-corrected chi connectivity index (χ3v) is 9.47. The number of para-hydroxylation sites is 1. The highest BCUT2D eigenvalue weighted by Gasteiger charge is 2.24. The van der Waals surface area contributed by atoms with Crippen molar-refractivity contribution in [3.63, 3.8) is 0 Å². The van der Waals surface area contributed by atoms with E-state index in [1.165, 1.54) is 0 Å². The average molecular weight is 582 g/mol. The van der Waals surface area contributed by atoms with Crippen LogP contribution < -0.4 is 20.1 Å². The summed E-state index contributed by atoms with van der Waals surface area (Å²) in [6.07, 6.45) is 4.01. The average Bonchev–Trinajstić information content (AvgIpc) is 3.03. The fourth-order valence-corrected chi connectivity index (χ4v) is 6.76. The highest BCUT2D eigenvalue weighted by molar-refractivity contribution is 7.89. The molecule has 42 heavy (non-hydrogen) atoms. The van der Waals surface area contributed by atoms with E-state index in [1.54, 1.807) is 19.2 Å². The predicted molar refractivity (Wildman–Crippen MR) is 169 cm³/mol. The van der Waals surface area contributed by atoms with Crippen LogP contribution in [0.15, 0.2) is 95.9 Å². The molecule has 0 saturated heterocycles. The van der Waals surface area contributed by atoms with E-state index in [9.17, 15) is 8.42 Å². The third kappa shape index (κ3) is 6.48. The fraction of sp³-hybridized carbons (Fsp3) is 0.273. The first-order chi connectivity index (χ1) is 20.5. The fourth-order valence-electron chi connectivity index (χ4n) is 5.61. The Morgan fingerprint density at radius 1 is 0.786 bits per heavy atom. The molecule has 216 valence electrons. The molecule has 0 atom stereocenters. The van der Waals surface area contributed by atoms with Crippen molar-refractivity contribution in [2.45, 2.75) is 30.6 Å². The lowest BCUT2D eigenvalue weighted by atomic mass is 9.82. The molecule has 1 fully saturated rings. The summed E-state index contributed by atoms with van der Waals surface area (Å²) in [4.78, 5) is 9.87. The van der Waals surface area contributed by atoms with Gasteiger partial charge in [0.15, 0.2) is 0 Å². The number of sulfonamides is 1. The van der Waals surface area contributed by atoms with Crippen LogP contribution in [-0.2, 0) is 10.0 Å². The van der Waals surface area contributed by atoms with Gasteiger partial charge in [0.1, 0.15) is 11.6 Å². The summed E-state index contributed by atoms with van der Waals surface area (Å²) in [6.45, 7) is 1.23. The summed E-state index contributed by atoms with van der Waals surface area (Å²) in [5.74, 6) is 2.90. The van der Waals surface area contributed by atoms with Gasteiger partial charge >= 0.3 is 0 Å². The second-order valence-electron chi connectivity index (χ2n) is 10.9. The normalized spacial score (nSPS) is 17.3. The van der Waals surface area contributed by atoms with Crippen LogP contribution in [0.25, 0.3) is 21.7 Å². The molecule has 1 heterocycles. The number of ether oxygens (including phenoxy) is 1. The van der Waals surface area contributed by atoms with Gasteiger partial charge in [0.2, 0.25) is 16.0 Å². The van der Waals surface area contributed by atoms with Crippen LogP contribution in [0.4, 0.5) is 17.5 Å². The zero-order valence-corrected chi connectivity index (χ0v) is 24.4. The second kappa shape index (κ2) is 12.3. The smallest absolute Gasteiger partial charge is 0.240 e. The Kier molecular flexibility index (Phi) is 8.21. The zero-order valence-electron chi connectivity index (χ0n) is 23.6. The zero-order chi connectivity index (χ0) is 28.9. The quantitative estimate of drug-likeness (QED) is 0.168. The molecule has 0 spiro atoms. The van der Waals surface area contributed by atoms with E-state index in [2.05, 4.69) is 15.4 Å². The maximum atomic E-state index is 13.0. The Morgan fingerprint density at radius 2 is 1.52 bits per heavy atom. The molecular weight excluding hydrogens is 546 g/mol. The summed E-state index contributed by atoms with van der Waals surface area (Å²) < 4.78 is 34.1. The molecule has 1 saturated carbocycles. The van der Waals surface area contributed by atoms with Gasteiger partial charge in [-0.05, 0) is 84.7 Å². The number of nitrogens with one attached hydrogen (secondary N) is 3. The summed E-state index contributed by atoms with van der Waals surface area (Å²) in [7, 11) is -1.90. The van der Waals surface area contributed by atoms with Crippen molar-refractivity contribution in [1.82, 2.24) is 14.7 Å². The van der Waals surface area contributed by atoms with Crippen molar-refractivity contribution in [3.8, 4) is 5.75 Å². The molecule has 5 aromatic rings. The molecule has 0 bridgehead atoms. The van der Waals surface area contributed by atoms with Crippen LogP contribution in [0.5, 0.6) is 5.75 Å². The molecule has 3 N–H and O–H groups in total. The Balaban J connectivity index is 1.04. The topological polar surface area (TPSA) is 105 Å². The van der Waals surface area contributed by atoms with Crippen LogP contribution in [0.3, 0.4) is 0 Å². The largest absolute Gasteiger partial charge is 0.497 e. The molecule has 6 rings (SSSR count). The lowest BCUT2D eigenvalue weighted by molar-refractivity contribution is 0.284. The van der Waals surface area contributed by atoms with Gasteiger partial charge in [-0.2, -0.15) is 4.98 Å². The molecule has 4 aromatic carbocycles. The van der Waals surface area contributed by atoms with E-state index in [1.807, 2.05) is 78.9 Å². The number of aromatic nitrogens is 2. The minimum atomic E-state index is -3.55. The maximum Gasteiger partial charge on any atom is 0.240 e. The first kappa shape index (κ1) is 27.9. The lowest BCUT2D eigenvalue weighted by Gasteiger charge is -2.28. The van der Waals surface area contributed by atoms with Crippen molar-refractivity contribution in [3.05, 3.63) is 91.0 Å². The van der Waals surface area contributed by atoms with Gasteiger partial charge in [0.25, 0.3) is 0 Å². The van der Waals surface area contributed by atoms with Crippen LogP contribution in [0.1, 0.15) is 25.7 Å². The van der Waals surface area contributed by atoms with E-state index in [4.69, 9.17) is 14.7 Å². The number of hydrogen-bond acceptors (Lipinski definition) is 7. The van der Waals surface area contributed by atoms with E-state index < -0.39 is 10.0 Å². The molecule has 0 radical (unpaired) electrons. The Labute approximate surface area is 246 Å². The van der Waals surface area contributed by atoms with Crippen LogP contribution in [0.2, 0.25) is 0 Å². The van der Waals surface area contributed by atoms with Gasteiger partial charge in [-0.15, -0.1) is 0 Å². The molecule has 0 aliphatic heterocycles. The predicted octanol–water partition coefficient (Wildman–Crippen LogP) is 6.73. The van der Waals surface area contributed by atoms with Crippen molar-refractivity contribution < 1.29 is 13.2 Å². The number of benzene rings is 4. The van der Waals surface area contributed by atoms with Crippen molar-refractivity contribution in [2.24, 2.45) is 11.8 Å². The number of rotatable bonds is 10. The van der Waals surface area contributed by atoms with Crippen molar-refractivity contribution in [1.29, 1.82) is 0 Å². The van der Waals surface area contributed by atoms with Crippen LogP contribution >= 0.6 is 0 Å². The van der Waals surface area contributed by atoms with E-state index in [-0.39, 0.29) is 0 Å². The summed E-state index contributed by atoms with van der Waals surface area (Å²) in [5.41, 5.74) is 1.75. The van der Waals surface area contributed by atoms with Crippen molar-refractivity contribution >= 4 is 49.2 Å².